The predicted molar refractivity (Wildman–Crippen MR) is 258 cm³/mol. The van der Waals surface area contributed by atoms with Gasteiger partial charge in [-0.05, 0) is 118 Å². The monoisotopic (exact) mass is 1010 g/mol. The molecule has 5 fully saturated rings. The number of fused-ring (bicyclic) bond motifs is 5. The van der Waals surface area contributed by atoms with Crippen LogP contribution < -0.4 is 0 Å². The Bertz CT molecular complexity index is 2100. The number of methoxy groups -OCH3 is 1. The summed E-state index contributed by atoms with van der Waals surface area (Å²) in [5.74, 6) is -8.51. The Hall–Kier alpha value is -3.20. The highest BCUT2D eigenvalue weighted by molar-refractivity contribution is 6.01. The molecular weight excluding hydrogens is 924 g/mol. The van der Waals surface area contributed by atoms with E-state index in [4.69, 9.17) is 28.5 Å². The Morgan fingerprint density at radius 2 is 1.61 bits per heavy atom. The highest BCUT2D eigenvalue weighted by Gasteiger charge is 2.76. The van der Waals surface area contributed by atoms with Gasteiger partial charge in [0.15, 0.2) is 35.7 Å². The van der Waals surface area contributed by atoms with Crippen molar-refractivity contribution in [3.8, 4) is 0 Å². The lowest BCUT2D eigenvalue weighted by molar-refractivity contribution is -0.295. The number of esters is 2. The Kier molecular flexibility index (Phi) is 16.8. The predicted octanol–water partition coefficient (Wildman–Crippen LogP) is 4.42. The zero-order chi connectivity index (χ0) is 53.1. The highest BCUT2D eigenvalue weighted by atomic mass is 19.1. The first-order valence-electron chi connectivity index (χ1n) is 25.7. The van der Waals surface area contributed by atoms with Gasteiger partial charge >= 0.3 is 11.9 Å². The fourth-order valence-electron chi connectivity index (χ4n) is 14.0. The van der Waals surface area contributed by atoms with E-state index >= 15 is 4.39 Å². The minimum atomic E-state index is -2.15. The molecule has 0 amide bonds. The fourth-order valence-corrected chi connectivity index (χ4v) is 14.0. The van der Waals surface area contributed by atoms with E-state index in [-0.39, 0.29) is 56.1 Å². The number of ketones is 2. The Morgan fingerprint density at radius 3 is 2.23 bits per heavy atom. The smallest absolute Gasteiger partial charge is 0.339 e. The number of cyclic esters (lactones) is 1. The normalized spacial score (nSPS) is 48.2. The molecule has 2 aliphatic heterocycles. The van der Waals surface area contributed by atoms with Gasteiger partial charge in [0.05, 0.1) is 35.7 Å². The van der Waals surface area contributed by atoms with Crippen LogP contribution in [0.3, 0.4) is 0 Å². The Morgan fingerprint density at radius 1 is 0.944 bits per heavy atom. The number of nitrogens with zero attached hydrogens (tertiary/aromatic N) is 2. The number of hydrogen-bond donors (Lipinski definition) is 5. The first-order valence-corrected chi connectivity index (χ1v) is 25.7. The molecule has 2 saturated heterocycles. The minimum absolute atomic E-state index is 0.0660. The number of allylic oxidation sites excluding steroid dienone is 4. The summed E-state index contributed by atoms with van der Waals surface area (Å²) >= 11 is 0. The number of Topliss-reactive ketones (excluding diaryl/α,β-unsaturated/α-hetero) is 1. The molecule has 4 aliphatic carbocycles. The van der Waals surface area contributed by atoms with Crippen LogP contribution in [0.2, 0.25) is 0 Å². The molecular formula is C53H83FN2O15. The number of carbonyl (C=O) groups excluding carboxylic acids is 4. The second-order valence-electron chi connectivity index (χ2n) is 23.1. The molecule has 0 radical (unpaired) electrons. The first-order chi connectivity index (χ1) is 32.9. The average Bonchev–Trinajstić information content (AvgIpc) is 3.51. The maximum Gasteiger partial charge on any atom is 0.339 e. The van der Waals surface area contributed by atoms with Gasteiger partial charge in [0.2, 0.25) is 0 Å². The van der Waals surface area contributed by atoms with Gasteiger partial charge in [0.25, 0.3) is 0 Å². The highest BCUT2D eigenvalue weighted by Crippen LogP contribution is 2.70. The molecule has 21 atom stereocenters. The summed E-state index contributed by atoms with van der Waals surface area (Å²) in [7, 11) is 5.13. The SMILES string of the molecule is CC[C@H]1OC(=O)[C@H](C)C(=O)[C@H](C)C(OC2OC(C)C[C@@H](N(C)C)[C@H]2O)[C@](C)(OC)C[C@@H](C)/C(=N/OCCOC(=O)[C@@]2(O)[C@H](C)CC3C4CCC5=CC(=O)C=C[C@]5(C)[C@@]4(F)[C@@H](O)C[C@@]32C)[C@H](C)[C@@H](O)[C@]1(C)O. The molecule has 18 heteroatoms. The van der Waals surface area contributed by atoms with Crippen LogP contribution in [-0.2, 0) is 47.7 Å². The first kappa shape index (κ1) is 57.1. The van der Waals surface area contributed by atoms with Crippen molar-refractivity contribution in [1.29, 1.82) is 0 Å². The second-order valence-corrected chi connectivity index (χ2v) is 23.1. The molecule has 3 saturated carbocycles. The Balaban J connectivity index is 1.26. The van der Waals surface area contributed by atoms with Gasteiger partial charge in [-0.25, -0.2) is 9.18 Å². The molecule has 17 nitrogen and oxygen atoms in total. The number of carbonyl (C=O) groups is 4. The van der Waals surface area contributed by atoms with Crippen molar-refractivity contribution in [1.82, 2.24) is 4.90 Å². The van der Waals surface area contributed by atoms with Crippen molar-refractivity contribution in [3.63, 3.8) is 0 Å². The van der Waals surface area contributed by atoms with Gasteiger partial charge in [-0.1, -0.05) is 58.3 Å². The summed E-state index contributed by atoms with van der Waals surface area (Å²) in [4.78, 5) is 62.3. The zero-order valence-electron chi connectivity index (χ0n) is 44.3. The second kappa shape index (κ2) is 20.8. The summed E-state index contributed by atoms with van der Waals surface area (Å²) < 4.78 is 48.4. The van der Waals surface area contributed by atoms with E-state index in [9.17, 15) is 44.7 Å². The largest absolute Gasteiger partial charge is 0.460 e. The molecule has 402 valence electrons. The van der Waals surface area contributed by atoms with Crippen LogP contribution in [0, 0.1) is 52.3 Å². The van der Waals surface area contributed by atoms with Crippen LogP contribution >= 0.6 is 0 Å². The van der Waals surface area contributed by atoms with Gasteiger partial charge in [0.1, 0.15) is 30.3 Å². The van der Waals surface area contributed by atoms with E-state index in [1.54, 1.807) is 61.5 Å². The molecule has 0 aromatic heterocycles. The van der Waals surface area contributed by atoms with Gasteiger partial charge in [-0.3, -0.25) is 14.4 Å². The van der Waals surface area contributed by atoms with Crippen LogP contribution in [0.25, 0.3) is 0 Å². The van der Waals surface area contributed by atoms with E-state index in [0.717, 1.165) is 0 Å². The number of likely N-dealkylation sites (N-methyl/N-ethyl adjacent to an activating group) is 1. The molecule has 71 heavy (non-hydrogen) atoms. The van der Waals surface area contributed by atoms with Crippen molar-refractivity contribution in [2.45, 2.75) is 193 Å². The van der Waals surface area contributed by atoms with Crippen molar-refractivity contribution in [2.24, 2.45) is 57.4 Å². The summed E-state index contributed by atoms with van der Waals surface area (Å²) in [5, 5.41) is 64.2. The molecule has 0 bridgehead atoms. The van der Waals surface area contributed by atoms with E-state index in [1.165, 1.54) is 33.1 Å². The summed E-state index contributed by atoms with van der Waals surface area (Å²) in [6.45, 7) is 17.5. The van der Waals surface area contributed by atoms with Gasteiger partial charge in [0, 0.05) is 47.7 Å². The van der Waals surface area contributed by atoms with Crippen LogP contribution in [0.1, 0.15) is 121 Å². The Labute approximate surface area is 418 Å². The van der Waals surface area contributed by atoms with Crippen molar-refractivity contribution >= 4 is 29.2 Å². The lowest BCUT2D eigenvalue weighted by Crippen LogP contribution is -2.69. The number of aliphatic hydroxyl groups is 5. The van der Waals surface area contributed by atoms with Crippen LogP contribution in [0.5, 0.6) is 0 Å². The van der Waals surface area contributed by atoms with Crippen molar-refractivity contribution in [2.75, 3.05) is 34.4 Å². The molecule has 0 aromatic carbocycles. The zero-order valence-corrected chi connectivity index (χ0v) is 44.3. The fraction of sp³-hybridized carbons (Fsp3) is 0.830. The average molecular weight is 1010 g/mol. The summed E-state index contributed by atoms with van der Waals surface area (Å²) in [6.07, 6.45) is -2.35. The molecule has 6 rings (SSSR count). The van der Waals surface area contributed by atoms with E-state index in [1.807, 2.05) is 25.9 Å². The third kappa shape index (κ3) is 9.62. The van der Waals surface area contributed by atoms with Crippen LogP contribution in [-0.4, -0.2) is 165 Å². The lowest BCUT2D eigenvalue weighted by atomic mass is 9.45. The number of rotatable bonds is 10. The number of oxime groups is 1. The maximum atomic E-state index is 17.7. The topological polar surface area (TPSA) is 240 Å². The third-order valence-electron chi connectivity index (χ3n) is 18.5. The van der Waals surface area contributed by atoms with Gasteiger partial charge in [-0.15, -0.1) is 0 Å². The molecule has 0 aromatic rings. The van der Waals surface area contributed by atoms with E-state index in [2.05, 4.69) is 5.16 Å². The number of halogens is 1. The molecule has 5 N–H and O–H groups in total. The third-order valence-corrected chi connectivity index (χ3v) is 18.5. The molecule has 2 heterocycles. The van der Waals surface area contributed by atoms with Crippen molar-refractivity contribution < 1.29 is 77.6 Å². The molecule has 6 aliphatic rings. The van der Waals surface area contributed by atoms with Gasteiger partial charge in [-0.2, -0.15) is 0 Å². The standard InChI is InChI=1S/C53H83FN2O15/c1-15-39-51(11,64)43(61)30(5)40(27(2)25-50(10,66-14)44(31(6)41(59)32(7)45(62)70-39)71-46-42(60)37(56(12)13)23-29(4)69-46)55-68-21-20-67-47(63)53(65)28(3)22-36-35-17-16-33-24-34(57)18-19-48(33,8)52(35,54)38(58)26-49(36,53)9/h18-19,24,27-32,35-39,42-44,46,58,60-61,64-65H,15-17,20-23,25-26H2,1-14H3/b55-40-/t27-,28-,29?,30+,31+,32-,35?,36?,37-,38+,39-,42-,43-,44?,46?,48+,49+,50-,51-,52+,53+/m1/s1. The molecule has 5 unspecified atom stereocenters. The molecule has 0 spiro atoms. The number of hydrogen-bond acceptors (Lipinski definition) is 17. The van der Waals surface area contributed by atoms with E-state index in [0.29, 0.717) is 31.3 Å². The van der Waals surface area contributed by atoms with Crippen molar-refractivity contribution in [3.05, 3.63) is 23.8 Å². The minimum Gasteiger partial charge on any atom is -0.460 e. The summed E-state index contributed by atoms with van der Waals surface area (Å²) in [5.41, 5.74) is -9.32. The van der Waals surface area contributed by atoms with Crippen LogP contribution in [0.15, 0.2) is 29.0 Å². The van der Waals surface area contributed by atoms with E-state index < -0.39 is 129 Å². The maximum absolute atomic E-state index is 17.7. The number of ether oxygens (including phenoxy) is 5. The quantitative estimate of drug-likeness (QED) is 0.0881. The number of aliphatic hydroxyl groups excluding tert-OH is 3. The van der Waals surface area contributed by atoms with Gasteiger partial charge < -0.3 is 59.0 Å². The number of alkyl halides is 1. The summed E-state index contributed by atoms with van der Waals surface area (Å²) in [6, 6.07) is -0.344. The lowest BCUT2D eigenvalue weighted by Gasteiger charge is -2.62. The van der Waals surface area contributed by atoms with Crippen LogP contribution in [0.4, 0.5) is 4.39 Å².